The summed E-state index contributed by atoms with van der Waals surface area (Å²) in [6.07, 6.45) is 1.11. The van der Waals surface area contributed by atoms with Crippen molar-refractivity contribution in [3.8, 4) is 11.1 Å². The Bertz CT molecular complexity index is 873. The van der Waals surface area contributed by atoms with E-state index in [1.807, 2.05) is 12.1 Å². The number of amidine groups is 1. The van der Waals surface area contributed by atoms with Gasteiger partial charge in [0.1, 0.15) is 5.84 Å². The van der Waals surface area contributed by atoms with Crippen molar-refractivity contribution in [2.24, 2.45) is 5.73 Å². The molecule has 0 bridgehead atoms. The van der Waals surface area contributed by atoms with Crippen LogP contribution in [0.3, 0.4) is 0 Å². The third kappa shape index (κ3) is 5.16. The fourth-order valence-corrected chi connectivity index (χ4v) is 3.85. The molecule has 26 heavy (non-hydrogen) atoms. The molecule has 0 aromatic heterocycles. The van der Waals surface area contributed by atoms with E-state index >= 15 is 0 Å². The zero-order valence-corrected chi connectivity index (χ0v) is 15.4. The number of unbranched alkanes of at least 4 members (excludes halogenated alkanes) is 1. The van der Waals surface area contributed by atoms with Crippen LogP contribution in [-0.4, -0.2) is 33.1 Å². The molecule has 0 aliphatic carbocycles. The van der Waals surface area contributed by atoms with Gasteiger partial charge in [-0.1, -0.05) is 36.4 Å². The average Bonchev–Trinajstić information content (AvgIpc) is 2.65. The van der Waals surface area contributed by atoms with Crippen molar-refractivity contribution < 1.29 is 17.9 Å². The van der Waals surface area contributed by atoms with Crippen molar-refractivity contribution >= 4 is 21.6 Å². The van der Waals surface area contributed by atoms with E-state index in [0.717, 1.165) is 11.1 Å². The Morgan fingerprint density at radius 3 is 2.04 bits per heavy atom. The Morgan fingerprint density at radius 2 is 1.54 bits per heavy atom. The molecule has 0 unspecified atom stereocenters. The number of nitrogen functional groups attached to an aromatic ring is 1. The lowest BCUT2D eigenvalue weighted by molar-refractivity contribution is -0.140. The van der Waals surface area contributed by atoms with Gasteiger partial charge < -0.3 is 10.5 Å². The Labute approximate surface area is 153 Å². The molecule has 2 rings (SSSR count). The molecule has 6 nitrogen and oxygen atoms in total. The average molecular weight is 374 g/mol. The molecule has 0 amide bonds. The molecule has 0 saturated heterocycles. The van der Waals surface area contributed by atoms with Gasteiger partial charge in [0.15, 0.2) is 9.84 Å². The van der Waals surface area contributed by atoms with Gasteiger partial charge >= 0.3 is 5.97 Å². The molecule has 3 N–H and O–H groups in total. The van der Waals surface area contributed by atoms with E-state index in [9.17, 15) is 13.2 Å². The van der Waals surface area contributed by atoms with E-state index in [-0.39, 0.29) is 28.9 Å². The number of methoxy groups -OCH3 is 1. The van der Waals surface area contributed by atoms with Crippen molar-refractivity contribution in [3.63, 3.8) is 0 Å². The number of sulfone groups is 1. The molecule has 138 valence electrons. The number of ether oxygens (including phenoxy) is 1. The highest BCUT2D eigenvalue weighted by Gasteiger charge is 2.14. The van der Waals surface area contributed by atoms with Crippen LogP contribution in [0, 0.1) is 5.41 Å². The summed E-state index contributed by atoms with van der Waals surface area (Å²) in [4.78, 5) is 11.3. The van der Waals surface area contributed by atoms with E-state index in [4.69, 9.17) is 11.1 Å². The topological polar surface area (TPSA) is 110 Å². The summed E-state index contributed by atoms with van der Waals surface area (Å²) >= 11 is 0. The zero-order valence-electron chi connectivity index (χ0n) is 14.6. The molecule has 0 heterocycles. The number of rotatable bonds is 8. The molecule has 0 radical (unpaired) electrons. The monoisotopic (exact) mass is 374 g/mol. The highest BCUT2D eigenvalue weighted by atomic mass is 32.2. The Hall–Kier alpha value is -2.67. The van der Waals surface area contributed by atoms with Gasteiger partial charge in [0.2, 0.25) is 0 Å². The van der Waals surface area contributed by atoms with Gasteiger partial charge in [0.05, 0.1) is 17.8 Å². The maximum Gasteiger partial charge on any atom is 0.305 e. The maximum atomic E-state index is 12.4. The minimum Gasteiger partial charge on any atom is -0.469 e. The van der Waals surface area contributed by atoms with Gasteiger partial charge in [-0.05, 0) is 36.1 Å². The third-order valence-electron chi connectivity index (χ3n) is 4.01. The van der Waals surface area contributed by atoms with Crippen LogP contribution in [0.5, 0.6) is 0 Å². The summed E-state index contributed by atoms with van der Waals surface area (Å²) in [6, 6.07) is 13.9. The number of carbonyl (C=O) groups is 1. The number of esters is 1. The first-order valence-corrected chi connectivity index (χ1v) is 9.83. The van der Waals surface area contributed by atoms with Gasteiger partial charge in [0.25, 0.3) is 0 Å². The molecule has 7 heteroatoms. The zero-order chi connectivity index (χ0) is 19.2. The molecular formula is C19H22N2O4S. The summed E-state index contributed by atoms with van der Waals surface area (Å²) in [5.74, 6) is -0.329. The van der Waals surface area contributed by atoms with Crippen molar-refractivity contribution in [2.45, 2.75) is 24.2 Å². The molecule has 0 fully saturated rings. The van der Waals surface area contributed by atoms with E-state index in [1.54, 1.807) is 36.4 Å². The first-order valence-electron chi connectivity index (χ1n) is 8.18. The molecule has 0 atom stereocenters. The molecule has 2 aromatic rings. The van der Waals surface area contributed by atoms with Crippen molar-refractivity contribution in [2.75, 3.05) is 12.9 Å². The van der Waals surface area contributed by atoms with Crippen LogP contribution in [0.2, 0.25) is 0 Å². The highest BCUT2D eigenvalue weighted by molar-refractivity contribution is 7.91. The first kappa shape index (κ1) is 19.7. The van der Waals surface area contributed by atoms with Crippen molar-refractivity contribution in [1.29, 1.82) is 5.41 Å². The number of hydrogen-bond acceptors (Lipinski definition) is 5. The van der Waals surface area contributed by atoms with Gasteiger partial charge in [-0.3, -0.25) is 10.2 Å². The second kappa shape index (κ2) is 8.62. The lowest BCUT2D eigenvalue weighted by Crippen LogP contribution is -2.10. The summed E-state index contributed by atoms with van der Waals surface area (Å²) < 4.78 is 29.3. The van der Waals surface area contributed by atoms with Gasteiger partial charge in [0, 0.05) is 12.0 Å². The summed E-state index contributed by atoms with van der Waals surface area (Å²) in [6.45, 7) is 0. The maximum absolute atomic E-state index is 12.4. The largest absolute Gasteiger partial charge is 0.469 e. The summed E-state index contributed by atoms with van der Waals surface area (Å²) in [5.41, 5.74) is 7.87. The standard InChI is InChI=1S/C19H22N2O4S/c1-25-18(22)4-2-3-13-26(23,24)17-11-9-15(10-12-17)14-5-7-16(8-6-14)19(20)21/h5-12H,2-4,13H2,1H3,(H3,20,21). The van der Waals surface area contributed by atoms with E-state index < -0.39 is 9.84 Å². The SMILES string of the molecule is COC(=O)CCCCS(=O)(=O)c1ccc(-c2ccc(C(=N)N)cc2)cc1. The Balaban J connectivity index is 2.03. The predicted octanol–water partition coefficient (Wildman–Crippen LogP) is 2.75. The van der Waals surface area contributed by atoms with Gasteiger partial charge in [-0.25, -0.2) is 8.42 Å². The number of carbonyl (C=O) groups excluding carboxylic acids is 1. The predicted molar refractivity (Wildman–Crippen MR) is 101 cm³/mol. The fourth-order valence-electron chi connectivity index (χ4n) is 2.48. The fraction of sp³-hybridized carbons (Fsp3) is 0.263. The molecular weight excluding hydrogens is 352 g/mol. The molecule has 0 spiro atoms. The molecule has 0 saturated carbocycles. The number of benzene rings is 2. The minimum atomic E-state index is -3.38. The molecule has 0 aliphatic heterocycles. The van der Waals surface area contributed by atoms with Crippen LogP contribution in [0.4, 0.5) is 0 Å². The van der Waals surface area contributed by atoms with Crippen LogP contribution < -0.4 is 5.73 Å². The van der Waals surface area contributed by atoms with E-state index in [2.05, 4.69) is 4.74 Å². The second-order valence-corrected chi connectivity index (χ2v) is 7.98. The van der Waals surface area contributed by atoms with Gasteiger partial charge in [-0.15, -0.1) is 0 Å². The minimum absolute atomic E-state index is 0.00332. The molecule has 2 aromatic carbocycles. The number of hydrogen-bond donors (Lipinski definition) is 2. The van der Waals surface area contributed by atoms with Crippen molar-refractivity contribution in [1.82, 2.24) is 0 Å². The second-order valence-electron chi connectivity index (χ2n) is 5.87. The van der Waals surface area contributed by atoms with Gasteiger partial charge in [-0.2, -0.15) is 0 Å². The van der Waals surface area contributed by atoms with Crippen LogP contribution >= 0.6 is 0 Å². The quantitative estimate of drug-likeness (QED) is 0.319. The lowest BCUT2D eigenvalue weighted by Gasteiger charge is -2.07. The Kier molecular flexibility index (Phi) is 6.52. The smallest absolute Gasteiger partial charge is 0.305 e. The highest BCUT2D eigenvalue weighted by Crippen LogP contribution is 2.22. The van der Waals surface area contributed by atoms with E-state index in [0.29, 0.717) is 18.4 Å². The van der Waals surface area contributed by atoms with E-state index in [1.165, 1.54) is 7.11 Å². The Morgan fingerprint density at radius 1 is 1.00 bits per heavy atom. The summed E-state index contributed by atoms with van der Waals surface area (Å²) in [7, 11) is -2.06. The lowest BCUT2D eigenvalue weighted by atomic mass is 10.0. The number of nitrogens with two attached hydrogens (primary N) is 1. The normalized spacial score (nSPS) is 11.1. The van der Waals surface area contributed by atoms with Crippen LogP contribution in [0.25, 0.3) is 11.1 Å². The third-order valence-corrected chi connectivity index (χ3v) is 5.83. The molecule has 0 aliphatic rings. The van der Waals surface area contributed by atoms with Crippen LogP contribution in [-0.2, 0) is 19.4 Å². The van der Waals surface area contributed by atoms with Crippen LogP contribution in [0.1, 0.15) is 24.8 Å². The first-order chi connectivity index (χ1) is 12.3. The van der Waals surface area contributed by atoms with Crippen molar-refractivity contribution in [3.05, 3.63) is 54.1 Å². The van der Waals surface area contributed by atoms with Crippen LogP contribution in [0.15, 0.2) is 53.4 Å². The summed E-state index contributed by atoms with van der Waals surface area (Å²) in [5, 5.41) is 7.40. The number of nitrogens with one attached hydrogen (secondary N) is 1.